The van der Waals surface area contributed by atoms with Crippen LogP contribution in [0.5, 0.6) is 0 Å². The predicted octanol–water partition coefficient (Wildman–Crippen LogP) is 3.93. The van der Waals surface area contributed by atoms with Crippen molar-refractivity contribution in [2.45, 2.75) is 51.7 Å². The molecule has 2 N–H and O–H groups in total. The van der Waals surface area contributed by atoms with Crippen LogP contribution in [0.4, 0.5) is 23.2 Å². The van der Waals surface area contributed by atoms with E-state index in [1.165, 1.54) is 6.92 Å². The topological polar surface area (TPSA) is 98.5 Å². The van der Waals surface area contributed by atoms with E-state index in [2.05, 4.69) is 4.90 Å². The summed E-state index contributed by atoms with van der Waals surface area (Å²) in [6.45, 7) is 3.74. The summed E-state index contributed by atoms with van der Waals surface area (Å²) in [6.07, 6.45) is -4.37. The number of carbonyl (C=O) groups excluding carboxylic acids is 1. The standard InChI is InChI=1S/C33H34F4N6O3/c1-21-30(40-16-14-39(15-17-40)18-23-10-11-28-29(44)12-13-41(23)28)31(45)43(20-27(38)22-6-3-2-4-7-22)32(46)42(21)19-24-25(33(35,36)37)8-5-9-26(24)34/h2-11,27H,12-20,38H2,1H3/t27-/m0/s1. The predicted molar refractivity (Wildman–Crippen MR) is 164 cm³/mol. The molecule has 0 unspecified atom stereocenters. The third-order valence-corrected chi connectivity index (χ3v) is 9.00. The molecule has 2 aliphatic heterocycles. The lowest BCUT2D eigenvalue weighted by molar-refractivity contribution is -0.138. The first-order valence-corrected chi connectivity index (χ1v) is 15.1. The average Bonchev–Trinajstić information content (AvgIpc) is 3.61. The highest BCUT2D eigenvalue weighted by molar-refractivity contribution is 5.96. The van der Waals surface area contributed by atoms with Crippen molar-refractivity contribution >= 4 is 11.5 Å². The molecular formula is C33H34F4N6O3. The molecule has 9 nitrogen and oxygen atoms in total. The van der Waals surface area contributed by atoms with Crippen LogP contribution in [0.3, 0.4) is 0 Å². The highest BCUT2D eigenvalue weighted by atomic mass is 19.4. The Labute approximate surface area is 262 Å². The molecule has 4 aromatic rings. The number of hydrogen-bond acceptors (Lipinski definition) is 6. The van der Waals surface area contributed by atoms with E-state index in [0.717, 1.165) is 33.0 Å². The van der Waals surface area contributed by atoms with Crippen molar-refractivity contribution in [3.05, 3.63) is 121 Å². The Kier molecular flexibility index (Phi) is 8.47. The van der Waals surface area contributed by atoms with Crippen molar-refractivity contribution in [1.29, 1.82) is 0 Å². The smallest absolute Gasteiger partial charge is 0.363 e. The van der Waals surface area contributed by atoms with E-state index < -0.39 is 47.0 Å². The monoisotopic (exact) mass is 638 g/mol. The van der Waals surface area contributed by atoms with Crippen molar-refractivity contribution in [2.75, 3.05) is 31.1 Å². The number of hydrogen-bond donors (Lipinski definition) is 1. The maximum atomic E-state index is 15.0. The maximum Gasteiger partial charge on any atom is 0.416 e. The lowest BCUT2D eigenvalue weighted by Crippen LogP contribution is -2.51. The number of ketones is 1. The molecule has 4 heterocycles. The average molecular weight is 639 g/mol. The summed E-state index contributed by atoms with van der Waals surface area (Å²) in [5, 5.41) is 0. The summed E-state index contributed by atoms with van der Waals surface area (Å²) in [4.78, 5) is 44.0. The Morgan fingerprint density at radius 2 is 1.57 bits per heavy atom. The molecule has 1 saturated heterocycles. The second-order valence-electron chi connectivity index (χ2n) is 11.8. The van der Waals surface area contributed by atoms with Crippen molar-refractivity contribution < 1.29 is 22.4 Å². The molecule has 46 heavy (non-hydrogen) atoms. The third kappa shape index (κ3) is 5.92. The summed E-state index contributed by atoms with van der Waals surface area (Å²) in [6, 6.07) is 14.6. The summed E-state index contributed by atoms with van der Waals surface area (Å²) in [5.74, 6) is -0.976. The van der Waals surface area contributed by atoms with Gasteiger partial charge in [0.25, 0.3) is 5.56 Å². The third-order valence-electron chi connectivity index (χ3n) is 9.00. The molecule has 0 saturated carbocycles. The Morgan fingerprint density at radius 3 is 2.26 bits per heavy atom. The van der Waals surface area contributed by atoms with Crippen molar-refractivity contribution in [3.8, 4) is 0 Å². The van der Waals surface area contributed by atoms with E-state index in [1.807, 2.05) is 21.6 Å². The quantitative estimate of drug-likeness (QED) is 0.294. The number of rotatable bonds is 8. The van der Waals surface area contributed by atoms with Gasteiger partial charge in [0, 0.05) is 68.7 Å². The van der Waals surface area contributed by atoms with Crippen LogP contribution < -0.4 is 21.9 Å². The Morgan fingerprint density at radius 1 is 0.848 bits per heavy atom. The minimum Gasteiger partial charge on any atom is -0.363 e. The molecule has 1 fully saturated rings. The van der Waals surface area contributed by atoms with Crippen molar-refractivity contribution in [3.63, 3.8) is 0 Å². The number of carbonyl (C=O) groups is 1. The van der Waals surface area contributed by atoms with Gasteiger partial charge >= 0.3 is 11.9 Å². The number of piperazine rings is 1. The molecule has 13 heteroatoms. The van der Waals surface area contributed by atoms with Crippen LogP contribution in [0, 0.1) is 12.7 Å². The largest absolute Gasteiger partial charge is 0.416 e. The zero-order valence-electron chi connectivity index (χ0n) is 25.3. The van der Waals surface area contributed by atoms with Gasteiger partial charge in [-0.25, -0.2) is 9.18 Å². The summed E-state index contributed by atoms with van der Waals surface area (Å²) in [5.41, 5.74) is 5.78. The van der Waals surface area contributed by atoms with Crippen LogP contribution in [-0.2, 0) is 32.4 Å². The number of nitrogens with zero attached hydrogens (tertiary/aromatic N) is 5. The molecule has 242 valence electrons. The molecule has 0 radical (unpaired) electrons. The fourth-order valence-corrected chi connectivity index (χ4v) is 6.50. The number of benzene rings is 2. The number of fused-ring (bicyclic) bond motifs is 1. The second-order valence-corrected chi connectivity index (χ2v) is 11.8. The molecule has 1 atom stereocenters. The molecule has 0 spiro atoms. The molecule has 2 aromatic heterocycles. The number of nitrogens with two attached hydrogens (primary N) is 1. The zero-order valence-corrected chi connectivity index (χ0v) is 25.3. The number of alkyl halides is 3. The molecule has 0 amide bonds. The van der Waals surface area contributed by atoms with Crippen LogP contribution in [0.15, 0.2) is 70.3 Å². The minimum atomic E-state index is -4.86. The van der Waals surface area contributed by atoms with Gasteiger partial charge in [-0.05, 0) is 36.8 Å². The summed E-state index contributed by atoms with van der Waals surface area (Å²) >= 11 is 0. The lowest BCUT2D eigenvalue weighted by Gasteiger charge is -2.37. The van der Waals surface area contributed by atoms with Gasteiger partial charge in [0.2, 0.25) is 0 Å². The highest BCUT2D eigenvalue weighted by Gasteiger charge is 2.35. The first-order valence-electron chi connectivity index (χ1n) is 15.1. The van der Waals surface area contributed by atoms with Crippen LogP contribution in [0.1, 0.15) is 51.0 Å². The van der Waals surface area contributed by atoms with Gasteiger partial charge in [-0.3, -0.25) is 23.6 Å². The van der Waals surface area contributed by atoms with Gasteiger partial charge < -0.3 is 15.2 Å². The summed E-state index contributed by atoms with van der Waals surface area (Å²) < 4.78 is 60.7. The van der Waals surface area contributed by atoms with Crippen LogP contribution in [0.2, 0.25) is 0 Å². The van der Waals surface area contributed by atoms with Gasteiger partial charge in [-0.15, -0.1) is 0 Å². The number of Topliss-reactive ketones (excluding diaryl/α,β-unsaturated/α-hetero) is 1. The summed E-state index contributed by atoms with van der Waals surface area (Å²) in [7, 11) is 0. The first-order chi connectivity index (χ1) is 21.9. The van der Waals surface area contributed by atoms with E-state index in [1.54, 1.807) is 30.3 Å². The van der Waals surface area contributed by atoms with E-state index in [4.69, 9.17) is 5.73 Å². The maximum absolute atomic E-state index is 15.0. The first kappa shape index (κ1) is 31.5. The van der Waals surface area contributed by atoms with Crippen molar-refractivity contribution in [1.82, 2.24) is 18.6 Å². The number of anilines is 1. The lowest BCUT2D eigenvalue weighted by atomic mass is 10.1. The Bertz CT molecular complexity index is 1890. The van der Waals surface area contributed by atoms with Gasteiger partial charge in [0.15, 0.2) is 5.78 Å². The number of aromatic nitrogens is 3. The van der Waals surface area contributed by atoms with Gasteiger partial charge in [0.1, 0.15) is 11.5 Å². The fraction of sp³-hybridized carbons (Fsp3) is 0.364. The van der Waals surface area contributed by atoms with Gasteiger partial charge in [-0.1, -0.05) is 36.4 Å². The van der Waals surface area contributed by atoms with E-state index in [-0.39, 0.29) is 23.7 Å². The van der Waals surface area contributed by atoms with E-state index in [9.17, 15) is 31.9 Å². The molecule has 0 aliphatic carbocycles. The van der Waals surface area contributed by atoms with Crippen molar-refractivity contribution in [2.24, 2.45) is 5.73 Å². The normalized spacial score (nSPS) is 16.2. The number of halogens is 4. The van der Waals surface area contributed by atoms with Gasteiger partial charge in [-0.2, -0.15) is 13.2 Å². The fourth-order valence-electron chi connectivity index (χ4n) is 6.50. The van der Waals surface area contributed by atoms with Crippen LogP contribution in [0.25, 0.3) is 0 Å². The molecular weight excluding hydrogens is 604 g/mol. The highest BCUT2D eigenvalue weighted by Crippen LogP contribution is 2.34. The molecule has 2 aromatic carbocycles. The second kappa shape index (κ2) is 12.4. The SMILES string of the molecule is Cc1c(N2CCN(Cc3ccc4n3CCC4=O)CC2)c(=O)n(C[C@H](N)c2ccccc2)c(=O)n1Cc1c(F)cccc1C(F)(F)F. The Hall–Kier alpha value is -4.49. The van der Waals surface area contributed by atoms with E-state index in [0.29, 0.717) is 56.9 Å². The van der Waals surface area contributed by atoms with Gasteiger partial charge in [0.05, 0.1) is 24.3 Å². The van der Waals surface area contributed by atoms with Crippen LogP contribution >= 0.6 is 0 Å². The minimum absolute atomic E-state index is 0.127. The zero-order chi connectivity index (χ0) is 32.7. The molecule has 2 aliphatic rings. The Balaban J connectivity index is 1.35. The van der Waals surface area contributed by atoms with E-state index >= 15 is 0 Å². The molecule has 0 bridgehead atoms. The van der Waals surface area contributed by atoms with Crippen LogP contribution in [-0.4, -0.2) is 50.6 Å². The molecule has 6 rings (SSSR count).